The molecule has 0 saturated carbocycles. The van der Waals surface area contributed by atoms with Gasteiger partial charge in [0.1, 0.15) is 18.9 Å². The molecular formula is C15H15NO2. The van der Waals surface area contributed by atoms with E-state index in [4.69, 9.17) is 4.84 Å². The first-order chi connectivity index (χ1) is 8.83. The predicted octanol–water partition coefficient (Wildman–Crippen LogP) is 2.77. The Balaban J connectivity index is 2.35. The summed E-state index contributed by atoms with van der Waals surface area (Å²) in [4.78, 5) is 4.83. The summed E-state index contributed by atoms with van der Waals surface area (Å²) in [6, 6.07) is 18.9. The quantitative estimate of drug-likeness (QED) is 0.660. The Hall–Kier alpha value is -2.13. The lowest BCUT2D eigenvalue weighted by molar-refractivity contribution is 0.196. The molecule has 0 amide bonds. The number of oxime groups is 1. The van der Waals surface area contributed by atoms with Gasteiger partial charge >= 0.3 is 0 Å². The van der Waals surface area contributed by atoms with Crippen molar-refractivity contribution >= 4 is 5.71 Å². The first-order valence-corrected chi connectivity index (χ1v) is 5.72. The minimum atomic E-state index is -0.798. The highest BCUT2D eigenvalue weighted by atomic mass is 16.6. The van der Waals surface area contributed by atoms with Crippen LogP contribution in [-0.2, 0) is 4.84 Å². The molecule has 92 valence electrons. The second kappa shape index (κ2) is 5.98. The van der Waals surface area contributed by atoms with Crippen LogP contribution in [0.15, 0.2) is 65.8 Å². The molecule has 3 nitrogen and oxygen atoms in total. The summed E-state index contributed by atoms with van der Waals surface area (Å²) in [6.45, 7) is 0. The van der Waals surface area contributed by atoms with E-state index in [-0.39, 0.29) is 0 Å². The molecule has 3 heteroatoms. The molecule has 0 saturated heterocycles. The fraction of sp³-hybridized carbons (Fsp3) is 0.133. The van der Waals surface area contributed by atoms with Crippen molar-refractivity contribution in [1.29, 1.82) is 0 Å². The third-order valence-electron chi connectivity index (χ3n) is 2.63. The van der Waals surface area contributed by atoms with Gasteiger partial charge in [-0.3, -0.25) is 0 Å². The highest BCUT2D eigenvalue weighted by Crippen LogP contribution is 2.19. The number of nitrogens with zero attached hydrogens (tertiary/aromatic N) is 1. The highest BCUT2D eigenvalue weighted by Gasteiger charge is 2.17. The van der Waals surface area contributed by atoms with Crippen molar-refractivity contribution in [3.63, 3.8) is 0 Å². The first-order valence-electron chi connectivity index (χ1n) is 5.72. The van der Waals surface area contributed by atoms with Crippen LogP contribution < -0.4 is 0 Å². The van der Waals surface area contributed by atoms with Gasteiger partial charge in [-0.05, 0) is 5.56 Å². The van der Waals surface area contributed by atoms with Gasteiger partial charge in [-0.2, -0.15) is 0 Å². The molecule has 18 heavy (non-hydrogen) atoms. The zero-order valence-corrected chi connectivity index (χ0v) is 10.2. The lowest BCUT2D eigenvalue weighted by Gasteiger charge is -2.13. The first kappa shape index (κ1) is 12.3. The van der Waals surface area contributed by atoms with Gasteiger partial charge in [-0.15, -0.1) is 0 Å². The summed E-state index contributed by atoms with van der Waals surface area (Å²) < 4.78 is 0. The summed E-state index contributed by atoms with van der Waals surface area (Å²) in [7, 11) is 1.47. The van der Waals surface area contributed by atoms with E-state index in [1.165, 1.54) is 7.11 Å². The number of aliphatic hydroxyl groups excluding tert-OH is 1. The third kappa shape index (κ3) is 2.76. The lowest BCUT2D eigenvalue weighted by atomic mass is 9.99. The molecule has 0 aromatic heterocycles. The van der Waals surface area contributed by atoms with Gasteiger partial charge in [0, 0.05) is 5.56 Å². The Bertz CT molecular complexity index is 509. The Kier molecular flexibility index (Phi) is 4.10. The van der Waals surface area contributed by atoms with Crippen LogP contribution in [0, 0.1) is 0 Å². The van der Waals surface area contributed by atoms with E-state index in [2.05, 4.69) is 5.16 Å². The standard InChI is InChI=1S/C15H15NO2/c1-18-16-14(12-8-4-2-5-9-12)15(17)13-10-6-3-7-11-13/h2-11,15,17H,1H3. The monoisotopic (exact) mass is 241 g/mol. The van der Waals surface area contributed by atoms with Crippen LogP contribution in [0.1, 0.15) is 17.2 Å². The smallest absolute Gasteiger partial charge is 0.125 e. The zero-order valence-electron chi connectivity index (χ0n) is 10.2. The van der Waals surface area contributed by atoms with Crippen molar-refractivity contribution in [2.75, 3.05) is 7.11 Å². The van der Waals surface area contributed by atoms with Gasteiger partial charge < -0.3 is 9.94 Å². The number of hydrogen-bond donors (Lipinski definition) is 1. The molecule has 1 N–H and O–H groups in total. The van der Waals surface area contributed by atoms with E-state index in [0.29, 0.717) is 5.71 Å². The summed E-state index contributed by atoms with van der Waals surface area (Å²) in [5, 5.41) is 14.3. The van der Waals surface area contributed by atoms with Crippen LogP contribution in [0.5, 0.6) is 0 Å². The van der Waals surface area contributed by atoms with E-state index in [0.717, 1.165) is 11.1 Å². The van der Waals surface area contributed by atoms with E-state index in [1.807, 2.05) is 60.7 Å². The van der Waals surface area contributed by atoms with Gasteiger partial charge in [0.15, 0.2) is 0 Å². The fourth-order valence-electron chi connectivity index (χ4n) is 1.76. The molecule has 2 rings (SSSR count). The van der Waals surface area contributed by atoms with Crippen molar-refractivity contribution in [3.8, 4) is 0 Å². The maximum atomic E-state index is 10.4. The molecule has 2 aromatic carbocycles. The van der Waals surface area contributed by atoms with E-state index < -0.39 is 6.10 Å². The molecule has 0 radical (unpaired) electrons. The maximum Gasteiger partial charge on any atom is 0.125 e. The third-order valence-corrected chi connectivity index (χ3v) is 2.63. The summed E-state index contributed by atoms with van der Waals surface area (Å²) in [5.41, 5.74) is 2.14. The van der Waals surface area contributed by atoms with Crippen LogP contribution in [-0.4, -0.2) is 17.9 Å². The molecule has 0 aliphatic heterocycles. The van der Waals surface area contributed by atoms with Crippen LogP contribution in [0.25, 0.3) is 0 Å². The SMILES string of the molecule is CON=C(c1ccccc1)C(O)c1ccccc1. The lowest BCUT2D eigenvalue weighted by Crippen LogP contribution is -2.14. The maximum absolute atomic E-state index is 10.4. The molecule has 0 aliphatic carbocycles. The Morgan fingerprint density at radius 3 is 2.11 bits per heavy atom. The number of rotatable bonds is 4. The van der Waals surface area contributed by atoms with E-state index >= 15 is 0 Å². The van der Waals surface area contributed by atoms with Gasteiger partial charge in [0.25, 0.3) is 0 Å². The minimum Gasteiger partial charge on any atom is -0.399 e. The van der Waals surface area contributed by atoms with Crippen molar-refractivity contribution < 1.29 is 9.94 Å². The van der Waals surface area contributed by atoms with Crippen molar-refractivity contribution in [2.45, 2.75) is 6.10 Å². The Morgan fingerprint density at radius 2 is 1.56 bits per heavy atom. The molecule has 0 aliphatic rings. The molecule has 1 unspecified atom stereocenters. The zero-order chi connectivity index (χ0) is 12.8. The average Bonchev–Trinajstić information content (AvgIpc) is 2.46. The Morgan fingerprint density at radius 1 is 1.00 bits per heavy atom. The number of hydrogen-bond acceptors (Lipinski definition) is 3. The molecule has 0 spiro atoms. The highest BCUT2D eigenvalue weighted by molar-refractivity contribution is 6.03. The van der Waals surface area contributed by atoms with Crippen molar-refractivity contribution in [2.24, 2.45) is 5.16 Å². The fourth-order valence-corrected chi connectivity index (χ4v) is 1.76. The van der Waals surface area contributed by atoms with Crippen LogP contribution in [0.3, 0.4) is 0 Å². The summed E-state index contributed by atoms with van der Waals surface area (Å²) in [5.74, 6) is 0. The van der Waals surface area contributed by atoms with Gasteiger partial charge in [-0.1, -0.05) is 65.8 Å². The number of benzene rings is 2. The summed E-state index contributed by atoms with van der Waals surface area (Å²) >= 11 is 0. The van der Waals surface area contributed by atoms with E-state index in [1.54, 1.807) is 0 Å². The molecule has 0 fully saturated rings. The normalized spacial score (nSPS) is 13.1. The van der Waals surface area contributed by atoms with Crippen LogP contribution in [0.4, 0.5) is 0 Å². The largest absolute Gasteiger partial charge is 0.399 e. The average molecular weight is 241 g/mol. The second-order valence-electron chi connectivity index (χ2n) is 3.84. The molecule has 0 heterocycles. The number of aliphatic hydroxyl groups is 1. The Labute approximate surface area is 106 Å². The van der Waals surface area contributed by atoms with Gasteiger partial charge in [0.05, 0.1) is 0 Å². The summed E-state index contributed by atoms with van der Waals surface area (Å²) in [6.07, 6.45) is -0.798. The van der Waals surface area contributed by atoms with Crippen LogP contribution >= 0.6 is 0 Å². The van der Waals surface area contributed by atoms with Crippen molar-refractivity contribution in [1.82, 2.24) is 0 Å². The van der Waals surface area contributed by atoms with Crippen molar-refractivity contribution in [3.05, 3.63) is 71.8 Å². The van der Waals surface area contributed by atoms with Crippen LogP contribution in [0.2, 0.25) is 0 Å². The minimum absolute atomic E-state index is 0.504. The van der Waals surface area contributed by atoms with Gasteiger partial charge in [0.2, 0.25) is 0 Å². The topological polar surface area (TPSA) is 41.8 Å². The van der Waals surface area contributed by atoms with Gasteiger partial charge in [-0.25, -0.2) is 0 Å². The molecule has 1 atom stereocenters. The molecule has 0 bridgehead atoms. The molecule has 2 aromatic rings. The molecular weight excluding hydrogens is 226 g/mol. The van der Waals surface area contributed by atoms with E-state index in [9.17, 15) is 5.11 Å². The second-order valence-corrected chi connectivity index (χ2v) is 3.84. The predicted molar refractivity (Wildman–Crippen MR) is 71.4 cm³/mol.